The molecule has 2 rings (SSSR count). The van der Waals surface area contributed by atoms with Crippen LogP contribution >= 0.6 is 31.9 Å². The first-order valence-electron chi connectivity index (χ1n) is 4.93. The molecule has 18 heavy (non-hydrogen) atoms. The second-order valence-electron chi connectivity index (χ2n) is 3.47. The molecule has 1 aromatic heterocycles. The summed E-state index contributed by atoms with van der Waals surface area (Å²) in [6.45, 7) is 0. The summed E-state index contributed by atoms with van der Waals surface area (Å²) in [7, 11) is 0. The smallest absolute Gasteiger partial charge is 0.256 e. The second-order valence-corrected chi connectivity index (χ2v) is 5.31. The van der Waals surface area contributed by atoms with E-state index in [2.05, 4.69) is 42.2 Å². The number of nitrogens with zero attached hydrogens (tertiary/aromatic N) is 1. The molecular formula is C12H7Br2FN2O. The lowest BCUT2D eigenvalue weighted by atomic mass is 10.2. The summed E-state index contributed by atoms with van der Waals surface area (Å²) in [4.78, 5) is 15.9. The van der Waals surface area contributed by atoms with Gasteiger partial charge in [0.25, 0.3) is 5.91 Å². The number of amides is 1. The topological polar surface area (TPSA) is 42.0 Å². The Morgan fingerprint density at radius 2 is 1.94 bits per heavy atom. The molecule has 0 aliphatic heterocycles. The molecule has 0 aliphatic carbocycles. The van der Waals surface area contributed by atoms with Gasteiger partial charge in [-0.2, -0.15) is 0 Å². The van der Waals surface area contributed by atoms with Crippen molar-refractivity contribution in [3.05, 3.63) is 56.9 Å². The number of hydrogen-bond acceptors (Lipinski definition) is 2. The van der Waals surface area contributed by atoms with Crippen LogP contribution in [0.1, 0.15) is 10.4 Å². The van der Waals surface area contributed by atoms with Gasteiger partial charge in [0, 0.05) is 20.7 Å². The fraction of sp³-hybridized carbons (Fsp3) is 0. The molecule has 6 heteroatoms. The number of carbonyl (C=O) groups excluding carboxylic acids is 1. The summed E-state index contributed by atoms with van der Waals surface area (Å²) in [6.07, 6.45) is 1.57. The molecule has 1 N–H and O–H groups in total. The number of anilines is 1. The van der Waals surface area contributed by atoms with Gasteiger partial charge >= 0.3 is 0 Å². The van der Waals surface area contributed by atoms with Crippen molar-refractivity contribution in [3.8, 4) is 0 Å². The molecule has 0 radical (unpaired) electrons. The van der Waals surface area contributed by atoms with Gasteiger partial charge in [-0.05, 0) is 46.3 Å². The summed E-state index contributed by atoms with van der Waals surface area (Å²) in [5.41, 5.74) is 0.228. The van der Waals surface area contributed by atoms with Gasteiger partial charge in [-0.1, -0.05) is 15.9 Å². The zero-order chi connectivity index (χ0) is 13.1. The van der Waals surface area contributed by atoms with Crippen LogP contribution in [0.4, 0.5) is 10.2 Å². The van der Waals surface area contributed by atoms with E-state index in [1.165, 1.54) is 18.2 Å². The lowest BCUT2D eigenvalue weighted by molar-refractivity contribution is 0.102. The Labute approximate surface area is 120 Å². The minimum atomic E-state index is -0.474. The van der Waals surface area contributed by atoms with E-state index in [4.69, 9.17) is 0 Å². The predicted octanol–water partition coefficient (Wildman–Crippen LogP) is 4.00. The summed E-state index contributed by atoms with van der Waals surface area (Å²) in [6, 6.07) is 7.39. The fourth-order valence-corrected chi connectivity index (χ4v) is 2.02. The van der Waals surface area contributed by atoms with Gasteiger partial charge in [0.05, 0.1) is 0 Å². The van der Waals surface area contributed by atoms with E-state index >= 15 is 0 Å². The molecule has 0 aliphatic rings. The lowest BCUT2D eigenvalue weighted by Crippen LogP contribution is -2.13. The SMILES string of the molecule is O=C(Nc1ccc(Br)cn1)c1cc(F)cc(Br)c1. The molecule has 0 saturated carbocycles. The van der Waals surface area contributed by atoms with Gasteiger partial charge in [-0.3, -0.25) is 4.79 Å². The van der Waals surface area contributed by atoms with Crippen molar-refractivity contribution < 1.29 is 9.18 Å². The van der Waals surface area contributed by atoms with Crippen LogP contribution in [0.25, 0.3) is 0 Å². The highest BCUT2D eigenvalue weighted by Gasteiger charge is 2.09. The Kier molecular flexibility index (Phi) is 4.08. The highest BCUT2D eigenvalue weighted by atomic mass is 79.9. The molecule has 1 amide bonds. The van der Waals surface area contributed by atoms with Crippen molar-refractivity contribution in [3.63, 3.8) is 0 Å². The summed E-state index contributed by atoms with van der Waals surface area (Å²) in [5.74, 6) is -0.480. The first-order chi connectivity index (χ1) is 8.54. The average molecular weight is 374 g/mol. The Bertz CT molecular complexity index is 567. The molecule has 2 aromatic rings. The Morgan fingerprint density at radius 3 is 2.56 bits per heavy atom. The summed E-state index contributed by atoms with van der Waals surface area (Å²) >= 11 is 6.38. The van der Waals surface area contributed by atoms with E-state index in [0.717, 1.165) is 4.47 Å². The van der Waals surface area contributed by atoms with Crippen molar-refractivity contribution in [2.75, 3.05) is 5.32 Å². The zero-order valence-electron chi connectivity index (χ0n) is 8.95. The molecule has 1 aromatic carbocycles. The third-order valence-corrected chi connectivity index (χ3v) is 3.02. The van der Waals surface area contributed by atoms with Crippen LogP contribution < -0.4 is 5.32 Å². The van der Waals surface area contributed by atoms with Crippen molar-refractivity contribution in [1.29, 1.82) is 0 Å². The van der Waals surface area contributed by atoms with Crippen molar-refractivity contribution in [2.45, 2.75) is 0 Å². The maximum atomic E-state index is 13.1. The first-order valence-corrected chi connectivity index (χ1v) is 6.52. The molecule has 0 fully saturated rings. The highest BCUT2D eigenvalue weighted by molar-refractivity contribution is 9.10. The predicted molar refractivity (Wildman–Crippen MR) is 74.0 cm³/mol. The molecular weight excluding hydrogens is 367 g/mol. The average Bonchev–Trinajstić information content (AvgIpc) is 2.31. The Hall–Kier alpha value is -1.27. The van der Waals surface area contributed by atoms with Crippen molar-refractivity contribution in [2.24, 2.45) is 0 Å². The summed E-state index contributed by atoms with van der Waals surface area (Å²) < 4.78 is 14.5. The van der Waals surface area contributed by atoms with E-state index in [1.807, 2.05) is 0 Å². The number of rotatable bonds is 2. The van der Waals surface area contributed by atoms with Gasteiger partial charge in [0.1, 0.15) is 11.6 Å². The molecule has 0 unspecified atom stereocenters. The Morgan fingerprint density at radius 1 is 1.17 bits per heavy atom. The number of aromatic nitrogens is 1. The molecule has 92 valence electrons. The monoisotopic (exact) mass is 372 g/mol. The van der Waals surface area contributed by atoms with Crippen LogP contribution in [0.15, 0.2) is 45.5 Å². The minimum absolute atomic E-state index is 0.228. The van der Waals surface area contributed by atoms with Gasteiger partial charge in [0.15, 0.2) is 0 Å². The maximum absolute atomic E-state index is 13.1. The van der Waals surface area contributed by atoms with E-state index < -0.39 is 11.7 Å². The largest absolute Gasteiger partial charge is 0.307 e. The maximum Gasteiger partial charge on any atom is 0.256 e. The third kappa shape index (κ3) is 3.36. The van der Waals surface area contributed by atoms with Gasteiger partial charge in [-0.15, -0.1) is 0 Å². The molecule has 0 bridgehead atoms. The van der Waals surface area contributed by atoms with Crippen molar-refractivity contribution in [1.82, 2.24) is 4.98 Å². The van der Waals surface area contributed by atoms with Crippen LogP contribution in [0.2, 0.25) is 0 Å². The van der Waals surface area contributed by atoms with Crippen LogP contribution in [0, 0.1) is 5.82 Å². The summed E-state index contributed by atoms with van der Waals surface area (Å²) in [5, 5.41) is 2.58. The van der Waals surface area contributed by atoms with Crippen molar-refractivity contribution >= 4 is 43.6 Å². The molecule has 0 saturated heterocycles. The number of carbonyl (C=O) groups is 1. The van der Waals surface area contributed by atoms with Gasteiger partial charge in [0.2, 0.25) is 0 Å². The van der Waals surface area contributed by atoms with Crippen LogP contribution in [0.3, 0.4) is 0 Å². The van der Waals surface area contributed by atoms with E-state index in [1.54, 1.807) is 18.3 Å². The Balaban J connectivity index is 2.19. The molecule has 3 nitrogen and oxygen atoms in total. The zero-order valence-corrected chi connectivity index (χ0v) is 12.1. The number of nitrogens with one attached hydrogen (secondary N) is 1. The van der Waals surface area contributed by atoms with Gasteiger partial charge in [-0.25, -0.2) is 9.37 Å². The minimum Gasteiger partial charge on any atom is -0.307 e. The number of hydrogen-bond donors (Lipinski definition) is 1. The number of benzene rings is 1. The standard InChI is InChI=1S/C12H7Br2FN2O/c13-8-1-2-11(16-6-8)17-12(18)7-3-9(14)5-10(15)4-7/h1-6H,(H,16,17,18). The van der Waals surface area contributed by atoms with Crippen LogP contribution in [-0.4, -0.2) is 10.9 Å². The fourth-order valence-electron chi connectivity index (χ4n) is 1.32. The first kappa shape index (κ1) is 13.2. The normalized spacial score (nSPS) is 10.2. The van der Waals surface area contributed by atoms with E-state index in [9.17, 15) is 9.18 Å². The van der Waals surface area contributed by atoms with Crippen LogP contribution in [-0.2, 0) is 0 Å². The number of halogens is 3. The van der Waals surface area contributed by atoms with Crippen LogP contribution in [0.5, 0.6) is 0 Å². The van der Waals surface area contributed by atoms with Gasteiger partial charge < -0.3 is 5.32 Å². The highest BCUT2D eigenvalue weighted by Crippen LogP contribution is 2.16. The third-order valence-electron chi connectivity index (χ3n) is 2.09. The van der Waals surface area contributed by atoms with E-state index in [-0.39, 0.29) is 5.56 Å². The molecule has 0 atom stereocenters. The second kappa shape index (κ2) is 5.58. The quantitative estimate of drug-likeness (QED) is 0.864. The molecule has 1 heterocycles. The number of pyridine rings is 1. The lowest BCUT2D eigenvalue weighted by Gasteiger charge is -2.05. The van der Waals surface area contributed by atoms with E-state index in [0.29, 0.717) is 10.3 Å². The molecule has 0 spiro atoms.